The molecule has 0 heterocycles. The van der Waals surface area contributed by atoms with Gasteiger partial charge in [-0.25, -0.2) is 4.39 Å². The quantitative estimate of drug-likeness (QED) is 0.732. The Balaban J connectivity index is 2.61. The predicted molar refractivity (Wildman–Crippen MR) is 53.5 cm³/mol. The van der Waals surface area contributed by atoms with E-state index in [9.17, 15) is 9.18 Å². The third kappa shape index (κ3) is 3.01. The number of halogens is 1. The summed E-state index contributed by atoms with van der Waals surface area (Å²) in [6.45, 7) is 5.93. The number of hydrogen-bond donors (Lipinski definition) is 1. The minimum absolute atomic E-state index is 0.215. The normalized spacial score (nSPS) is 9.57. The number of rotatable bonds is 3. The molecule has 3 heteroatoms. The summed E-state index contributed by atoms with van der Waals surface area (Å²) in [6, 6.07) is 5.41. The number of hydrogen-bond acceptors (Lipinski definition) is 1. The lowest BCUT2D eigenvalue weighted by molar-refractivity contribution is 0.0957. The molecule has 0 radical (unpaired) electrons. The van der Waals surface area contributed by atoms with Gasteiger partial charge < -0.3 is 5.32 Å². The van der Waals surface area contributed by atoms with Crippen LogP contribution in [-0.4, -0.2) is 12.5 Å². The highest BCUT2D eigenvalue weighted by Crippen LogP contribution is 2.02. The fourth-order valence-corrected chi connectivity index (χ4v) is 0.934. The molecule has 0 aromatic heterocycles. The Morgan fingerprint density at radius 2 is 2.00 bits per heavy atom. The van der Waals surface area contributed by atoms with Gasteiger partial charge in [0.1, 0.15) is 5.82 Å². The van der Waals surface area contributed by atoms with Crippen LogP contribution in [-0.2, 0) is 0 Å². The molecule has 0 bridgehead atoms. The first kappa shape index (κ1) is 10.4. The molecule has 2 nitrogen and oxygen atoms in total. The van der Waals surface area contributed by atoms with Crippen molar-refractivity contribution in [3.63, 3.8) is 0 Å². The summed E-state index contributed by atoms with van der Waals surface area (Å²) in [7, 11) is 0. The summed E-state index contributed by atoms with van der Waals surface area (Å²) in [4.78, 5) is 11.4. The molecule has 0 saturated carbocycles. The van der Waals surface area contributed by atoms with E-state index in [1.54, 1.807) is 0 Å². The van der Waals surface area contributed by atoms with Crippen LogP contribution in [0, 0.1) is 5.82 Å². The molecule has 1 N–H and O–H groups in total. The lowest BCUT2D eigenvalue weighted by Gasteiger charge is -2.03. The van der Waals surface area contributed by atoms with Gasteiger partial charge in [0.25, 0.3) is 5.91 Å². The second-order valence-corrected chi connectivity index (χ2v) is 3.15. The van der Waals surface area contributed by atoms with Crippen molar-refractivity contribution in [1.29, 1.82) is 0 Å². The number of carbonyl (C=O) groups excluding carboxylic acids is 1. The maximum absolute atomic E-state index is 12.5. The first-order valence-electron chi connectivity index (χ1n) is 4.28. The molecule has 0 aliphatic rings. The van der Waals surface area contributed by atoms with Crippen LogP contribution in [0.4, 0.5) is 4.39 Å². The molecule has 74 valence electrons. The van der Waals surface area contributed by atoms with E-state index in [-0.39, 0.29) is 11.7 Å². The lowest BCUT2D eigenvalue weighted by atomic mass is 10.2. The lowest BCUT2D eigenvalue weighted by Crippen LogP contribution is -2.24. The number of benzene rings is 1. The van der Waals surface area contributed by atoms with E-state index in [1.807, 2.05) is 6.92 Å². The highest BCUT2D eigenvalue weighted by Gasteiger charge is 2.03. The third-order valence-electron chi connectivity index (χ3n) is 1.66. The minimum atomic E-state index is -0.346. The average Bonchev–Trinajstić information content (AvgIpc) is 2.15. The van der Waals surface area contributed by atoms with Gasteiger partial charge in [-0.15, -0.1) is 0 Å². The average molecular weight is 193 g/mol. The summed E-state index contributed by atoms with van der Waals surface area (Å²) >= 11 is 0. The van der Waals surface area contributed by atoms with Gasteiger partial charge in [-0.3, -0.25) is 4.79 Å². The monoisotopic (exact) mass is 193 g/mol. The largest absolute Gasteiger partial charge is 0.348 e. The van der Waals surface area contributed by atoms with Crippen LogP contribution in [0.3, 0.4) is 0 Å². The van der Waals surface area contributed by atoms with Crippen molar-refractivity contribution >= 4 is 5.91 Å². The SMILES string of the molecule is C=C(C)CNC(=O)c1ccc(F)cc1. The molecule has 0 spiro atoms. The first-order chi connectivity index (χ1) is 6.59. The van der Waals surface area contributed by atoms with Gasteiger partial charge in [0.2, 0.25) is 0 Å². The van der Waals surface area contributed by atoms with Gasteiger partial charge in [0.05, 0.1) is 0 Å². The van der Waals surface area contributed by atoms with Crippen molar-refractivity contribution in [2.45, 2.75) is 6.92 Å². The molecular formula is C11H12FNO. The van der Waals surface area contributed by atoms with Crippen molar-refractivity contribution in [1.82, 2.24) is 5.32 Å². The number of amides is 1. The molecule has 14 heavy (non-hydrogen) atoms. The van der Waals surface area contributed by atoms with Gasteiger partial charge in [0, 0.05) is 12.1 Å². The van der Waals surface area contributed by atoms with E-state index in [4.69, 9.17) is 0 Å². The van der Waals surface area contributed by atoms with Crippen molar-refractivity contribution in [3.8, 4) is 0 Å². The Bertz CT molecular complexity index is 343. The van der Waals surface area contributed by atoms with E-state index < -0.39 is 0 Å². The molecule has 0 unspecified atom stereocenters. The molecule has 0 aliphatic heterocycles. The Morgan fingerprint density at radius 3 is 2.50 bits per heavy atom. The summed E-state index contributed by atoms with van der Waals surface area (Å²) in [5.74, 6) is -0.561. The molecular weight excluding hydrogens is 181 g/mol. The number of carbonyl (C=O) groups is 1. The van der Waals surface area contributed by atoms with E-state index >= 15 is 0 Å². The van der Waals surface area contributed by atoms with E-state index in [0.29, 0.717) is 12.1 Å². The second kappa shape index (κ2) is 4.56. The van der Waals surface area contributed by atoms with Crippen LogP contribution in [0.1, 0.15) is 17.3 Å². The molecule has 1 aromatic rings. The zero-order valence-corrected chi connectivity index (χ0v) is 8.01. The van der Waals surface area contributed by atoms with E-state index in [1.165, 1.54) is 24.3 Å². The molecule has 0 aliphatic carbocycles. The summed E-state index contributed by atoms with van der Waals surface area (Å²) in [5, 5.41) is 2.66. The van der Waals surface area contributed by atoms with Crippen LogP contribution in [0.15, 0.2) is 36.4 Å². The van der Waals surface area contributed by atoms with Crippen molar-refractivity contribution in [3.05, 3.63) is 47.8 Å². The van der Waals surface area contributed by atoms with Gasteiger partial charge in [0.15, 0.2) is 0 Å². The van der Waals surface area contributed by atoms with Crippen LogP contribution < -0.4 is 5.32 Å². The van der Waals surface area contributed by atoms with Gasteiger partial charge in [-0.2, -0.15) is 0 Å². The fraction of sp³-hybridized carbons (Fsp3) is 0.182. The summed E-state index contributed by atoms with van der Waals surface area (Å²) in [6.07, 6.45) is 0. The van der Waals surface area contributed by atoms with Gasteiger partial charge in [-0.05, 0) is 31.2 Å². The van der Waals surface area contributed by atoms with Crippen molar-refractivity contribution < 1.29 is 9.18 Å². The standard InChI is InChI=1S/C11H12FNO/c1-8(2)7-13-11(14)9-3-5-10(12)6-4-9/h3-6H,1,7H2,2H3,(H,13,14). The first-order valence-corrected chi connectivity index (χ1v) is 4.28. The Kier molecular flexibility index (Phi) is 3.40. The summed E-state index contributed by atoms with van der Waals surface area (Å²) in [5.41, 5.74) is 1.33. The molecule has 0 atom stereocenters. The Hall–Kier alpha value is -1.64. The van der Waals surface area contributed by atoms with Crippen LogP contribution >= 0.6 is 0 Å². The topological polar surface area (TPSA) is 29.1 Å². The van der Waals surface area contributed by atoms with Crippen LogP contribution in [0.2, 0.25) is 0 Å². The molecule has 0 saturated heterocycles. The van der Waals surface area contributed by atoms with Crippen LogP contribution in [0.25, 0.3) is 0 Å². The Morgan fingerprint density at radius 1 is 1.43 bits per heavy atom. The maximum atomic E-state index is 12.5. The van der Waals surface area contributed by atoms with Crippen molar-refractivity contribution in [2.24, 2.45) is 0 Å². The highest BCUT2D eigenvalue weighted by molar-refractivity contribution is 5.94. The molecule has 1 aromatic carbocycles. The fourth-order valence-electron chi connectivity index (χ4n) is 0.934. The molecule has 1 rings (SSSR count). The van der Waals surface area contributed by atoms with Gasteiger partial charge >= 0.3 is 0 Å². The second-order valence-electron chi connectivity index (χ2n) is 3.15. The summed E-state index contributed by atoms with van der Waals surface area (Å²) < 4.78 is 12.5. The Labute approximate surface area is 82.4 Å². The van der Waals surface area contributed by atoms with E-state index in [0.717, 1.165) is 5.57 Å². The predicted octanol–water partition coefficient (Wildman–Crippen LogP) is 2.13. The van der Waals surface area contributed by atoms with Crippen LogP contribution in [0.5, 0.6) is 0 Å². The van der Waals surface area contributed by atoms with Crippen molar-refractivity contribution in [2.75, 3.05) is 6.54 Å². The third-order valence-corrected chi connectivity index (χ3v) is 1.66. The zero-order valence-electron chi connectivity index (χ0n) is 8.01. The smallest absolute Gasteiger partial charge is 0.251 e. The minimum Gasteiger partial charge on any atom is -0.348 e. The van der Waals surface area contributed by atoms with Gasteiger partial charge in [-0.1, -0.05) is 12.2 Å². The highest BCUT2D eigenvalue weighted by atomic mass is 19.1. The maximum Gasteiger partial charge on any atom is 0.251 e. The molecule has 0 fully saturated rings. The van der Waals surface area contributed by atoms with E-state index in [2.05, 4.69) is 11.9 Å². The number of nitrogens with one attached hydrogen (secondary N) is 1. The zero-order chi connectivity index (χ0) is 10.6. The molecule has 1 amide bonds.